The zero-order valence-electron chi connectivity index (χ0n) is 11.9. The average molecular weight is 273 g/mol. The first kappa shape index (κ1) is 12.5. The third-order valence-electron chi connectivity index (χ3n) is 5.44. The van der Waals surface area contributed by atoms with Crippen LogP contribution < -0.4 is 15.2 Å². The average Bonchev–Trinajstić information content (AvgIpc) is 3.09. The van der Waals surface area contributed by atoms with Gasteiger partial charge in [-0.3, -0.25) is 0 Å². The summed E-state index contributed by atoms with van der Waals surface area (Å²) in [6.45, 7) is 1.28. The van der Waals surface area contributed by atoms with Gasteiger partial charge in [0, 0.05) is 6.04 Å². The molecule has 1 aromatic carbocycles. The highest BCUT2D eigenvalue weighted by Gasteiger charge is 2.39. The van der Waals surface area contributed by atoms with Crippen LogP contribution >= 0.6 is 0 Å². The molecule has 3 nitrogen and oxygen atoms in total. The number of fused-ring (bicyclic) bond motifs is 3. The molecular weight excluding hydrogens is 250 g/mol. The second kappa shape index (κ2) is 4.96. The molecule has 20 heavy (non-hydrogen) atoms. The lowest BCUT2D eigenvalue weighted by atomic mass is 9.83. The second-order valence-electron chi connectivity index (χ2n) is 6.68. The van der Waals surface area contributed by atoms with Gasteiger partial charge in [-0.15, -0.1) is 0 Å². The predicted molar refractivity (Wildman–Crippen MR) is 77.9 cm³/mol. The van der Waals surface area contributed by atoms with Gasteiger partial charge in [0.15, 0.2) is 11.5 Å². The molecule has 2 fully saturated rings. The zero-order chi connectivity index (χ0) is 13.5. The minimum absolute atomic E-state index is 0.134. The maximum Gasteiger partial charge on any atom is 0.161 e. The van der Waals surface area contributed by atoms with Crippen LogP contribution in [0.3, 0.4) is 0 Å². The topological polar surface area (TPSA) is 44.5 Å². The summed E-state index contributed by atoms with van der Waals surface area (Å²) in [6.07, 6.45) is 6.88. The first-order valence-electron chi connectivity index (χ1n) is 7.94. The second-order valence-corrected chi connectivity index (χ2v) is 6.68. The molecule has 2 bridgehead atoms. The van der Waals surface area contributed by atoms with Crippen LogP contribution in [0.15, 0.2) is 18.2 Å². The molecule has 2 N–H and O–H groups in total. The molecule has 108 valence electrons. The minimum atomic E-state index is 0.134. The molecule has 4 unspecified atom stereocenters. The third kappa shape index (κ3) is 2.18. The van der Waals surface area contributed by atoms with Gasteiger partial charge in [0.25, 0.3) is 0 Å². The van der Waals surface area contributed by atoms with Crippen molar-refractivity contribution >= 4 is 0 Å². The van der Waals surface area contributed by atoms with E-state index in [2.05, 4.69) is 12.1 Å². The molecule has 0 saturated heterocycles. The summed E-state index contributed by atoms with van der Waals surface area (Å²) in [6, 6.07) is 6.32. The molecule has 3 aliphatic rings. The Balaban J connectivity index is 1.46. The Hall–Kier alpha value is -1.22. The Bertz CT molecular complexity index is 502. The molecule has 0 amide bonds. The van der Waals surface area contributed by atoms with Gasteiger partial charge in [-0.25, -0.2) is 0 Å². The quantitative estimate of drug-likeness (QED) is 0.919. The van der Waals surface area contributed by atoms with Crippen LogP contribution in [0, 0.1) is 17.8 Å². The Kier molecular flexibility index (Phi) is 3.10. The summed E-state index contributed by atoms with van der Waals surface area (Å²) >= 11 is 0. The molecule has 0 aromatic heterocycles. The van der Waals surface area contributed by atoms with Crippen molar-refractivity contribution < 1.29 is 9.47 Å². The van der Waals surface area contributed by atoms with Crippen molar-refractivity contribution in [3.8, 4) is 11.5 Å². The van der Waals surface area contributed by atoms with Gasteiger partial charge in [-0.2, -0.15) is 0 Å². The summed E-state index contributed by atoms with van der Waals surface area (Å²) in [5.41, 5.74) is 7.64. The van der Waals surface area contributed by atoms with E-state index in [1.165, 1.54) is 31.2 Å². The fraction of sp³-hybridized carbons (Fsp3) is 0.647. The monoisotopic (exact) mass is 273 g/mol. The molecule has 0 spiro atoms. The highest BCUT2D eigenvalue weighted by atomic mass is 16.6. The summed E-state index contributed by atoms with van der Waals surface area (Å²) in [5.74, 6) is 4.50. The molecular formula is C17H23NO2. The molecule has 2 aliphatic carbocycles. The van der Waals surface area contributed by atoms with E-state index in [4.69, 9.17) is 15.2 Å². The fourth-order valence-corrected chi connectivity index (χ4v) is 4.42. The maximum atomic E-state index is 6.44. The molecule has 4 rings (SSSR count). The summed E-state index contributed by atoms with van der Waals surface area (Å²) in [7, 11) is 0. The summed E-state index contributed by atoms with van der Waals surface area (Å²) in [4.78, 5) is 0. The Labute approximate surface area is 120 Å². The van der Waals surface area contributed by atoms with E-state index in [9.17, 15) is 0 Å². The Morgan fingerprint density at radius 1 is 1.10 bits per heavy atom. The van der Waals surface area contributed by atoms with Gasteiger partial charge in [-0.1, -0.05) is 12.5 Å². The molecule has 4 atom stereocenters. The van der Waals surface area contributed by atoms with Crippen molar-refractivity contribution in [3.63, 3.8) is 0 Å². The number of ether oxygens (including phenoxy) is 2. The number of nitrogens with two attached hydrogens (primary N) is 1. The Morgan fingerprint density at radius 2 is 1.95 bits per heavy atom. The van der Waals surface area contributed by atoms with E-state index in [0.29, 0.717) is 13.2 Å². The van der Waals surface area contributed by atoms with Crippen LogP contribution in [0.1, 0.15) is 43.7 Å². The van der Waals surface area contributed by atoms with Gasteiger partial charge in [-0.05, 0) is 61.1 Å². The summed E-state index contributed by atoms with van der Waals surface area (Å²) < 4.78 is 11.2. The SMILES string of the molecule is NC(CC1CC2CCC1C2)c1ccc2c(c1)OCCO2. The van der Waals surface area contributed by atoms with Crippen LogP contribution in [0.25, 0.3) is 0 Å². The van der Waals surface area contributed by atoms with Crippen molar-refractivity contribution in [2.75, 3.05) is 13.2 Å². The maximum absolute atomic E-state index is 6.44. The molecule has 1 aliphatic heterocycles. The lowest BCUT2D eigenvalue weighted by Crippen LogP contribution is -2.20. The van der Waals surface area contributed by atoms with Gasteiger partial charge >= 0.3 is 0 Å². The van der Waals surface area contributed by atoms with E-state index < -0.39 is 0 Å². The lowest BCUT2D eigenvalue weighted by molar-refractivity contribution is 0.171. The molecule has 1 aromatic rings. The van der Waals surface area contributed by atoms with Crippen molar-refractivity contribution in [2.24, 2.45) is 23.5 Å². The van der Waals surface area contributed by atoms with E-state index in [-0.39, 0.29) is 6.04 Å². The van der Waals surface area contributed by atoms with Gasteiger partial charge in [0.2, 0.25) is 0 Å². The first-order chi connectivity index (χ1) is 9.79. The number of benzene rings is 1. The smallest absolute Gasteiger partial charge is 0.161 e. The van der Waals surface area contributed by atoms with Gasteiger partial charge in [0.05, 0.1) is 0 Å². The van der Waals surface area contributed by atoms with Crippen molar-refractivity contribution in [3.05, 3.63) is 23.8 Å². The fourth-order valence-electron chi connectivity index (χ4n) is 4.42. The highest BCUT2D eigenvalue weighted by Crippen LogP contribution is 2.50. The van der Waals surface area contributed by atoms with Crippen LogP contribution in [0.4, 0.5) is 0 Å². The normalized spacial score (nSPS) is 32.4. The van der Waals surface area contributed by atoms with Gasteiger partial charge in [0.1, 0.15) is 13.2 Å². The highest BCUT2D eigenvalue weighted by molar-refractivity contribution is 5.44. The van der Waals surface area contributed by atoms with Gasteiger partial charge < -0.3 is 15.2 Å². The first-order valence-corrected chi connectivity index (χ1v) is 7.94. The largest absolute Gasteiger partial charge is 0.486 e. The molecule has 0 radical (unpaired) electrons. The van der Waals surface area contributed by atoms with Crippen LogP contribution in [0.5, 0.6) is 11.5 Å². The van der Waals surface area contributed by atoms with E-state index in [1.807, 2.05) is 6.07 Å². The number of rotatable bonds is 3. The van der Waals surface area contributed by atoms with Crippen LogP contribution in [-0.2, 0) is 0 Å². The van der Waals surface area contributed by atoms with Crippen LogP contribution in [0.2, 0.25) is 0 Å². The lowest BCUT2D eigenvalue weighted by Gasteiger charge is -2.26. The van der Waals surface area contributed by atoms with Crippen molar-refractivity contribution in [1.82, 2.24) is 0 Å². The summed E-state index contributed by atoms with van der Waals surface area (Å²) in [5, 5.41) is 0. The minimum Gasteiger partial charge on any atom is -0.486 e. The zero-order valence-corrected chi connectivity index (χ0v) is 11.9. The van der Waals surface area contributed by atoms with E-state index in [1.54, 1.807) is 0 Å². The number of hydrogen-bond acceptors (Lipinski definition) is 3. The molecule has 3 heteroatoms. The molecule has 2 saturated carbocycles. The van der Waals surface area contributed by atoms with Crippen molar-refractivity contribution in [2.45, 2.75) is 38.1 Å². The standard InChI is InChI=1S/C17H23NO2/c18-15(9-14-8-11-1-2-12(14)7-11)13-3-4-16-17(10-13)20-6-5-19-16/h3-4,10-12,14-15H,1-2,5-9,18H2. The Morgan fingerprint density at radius 3 is 2.70 bits per heavy atom. The van der Waals surface area contributed by atoms with E-state index >= 15 is 0 Å². The predicted octanol–water partition coefficient (Wildman–Crippen LogP) is 3.28. The molecule has 1 heterocycles. The van der Waals surface area contributed by atoms with Crippen molar-refractivity contribution in [1.29, 1.82) is 0 Å². The number of hydrogen-bond donors (Lipinski definition) is 1. The van der Waals surface area contributed by atoms with E-state index in [0.717, 1.165) is 35.7 Å². The third-order valence-corrected chi connectivity index (χ3v) is 5.44. The van der Waals surface area contributed by atoms with Crippen LogP contribution in [-0.4, -0.2) is 13.2 Å².